The lowest BCUT2D eigenvalue weighted by Gasteiger charge is -2.12. The number of furan rings is 1. The first kappa shape index (κ1) is 17.4. The number of allylic oxidation sites excluding steroid dienone is 2. The number of hydrazone groups is 1. The van der Waals surface area contributed by atoms with Crippen LogP contribution in [0, 0.1) is 0 Å². The van der Waals surface area contributed by atoms with Gasteiger partial charge in [-0.15, -0.1) is 0 Å². The van der Waals surface area contributed by atoms with Crippen LogP contribution >= 0.6 is 0 Å². The van der Waals surface area contributed by atoms with Gasteiger partial charge < -0.3 is 9.15 Å². The highest BCUT2D eigenvalue weighted by Crippen LogP contribution is 2.24. The number of benzene rings is 1. The van der Waals surface area contributed by atoms with E-state index in [1.165, 1.54) is 5.01 Å². The normalized spacial score (nSPS) is 15.8. The SMILES string of the molecule is CCOC(=O)c1ccc(N2N=C(C)/C(=C/C=C\c3ccco3)C2=O)cc1. The zero-order chi connectivity index (χ0) is 18.5. The Morgan fingerprint density at radius 3 is 2.69 bits per heavy atom. The van der Waals surface area contributed by atoms with E-state index in [-0.39, 0.29) is 5.91 Å². The standard InChI is InChI=1S/C20H18N2O4/c1-3-25-20(24)15-9-11-16(12-10-15)22-19(23)18(14(2)21-22)8-4-6-17-7-5-13-26-17/h4-13H,3H2,1-2H3/b6-4-,18-8-. The molecule has 0 saturated carbocycles. The largest absolute Gasteiger partial charge is 0.465 e. The van der Waals surface area contributed by atoms with E-state index in [2.05, 4.69) is 5.10 Å². The van der Waals surface area contributed by atoms with Gasteiger partial charge in [0.25, 0.3) is 5.91 Å². The van der Waals surface area contributed by atoms with Crippen LogP contribution in [0.4, 0.5) is 5.69 Å². The molecule has 2 aromatic rings. The van der Waals surface area contributed by atoms with Crippen molar-refractivity contribution in [3.63, 3.8) is 0 Å². The molecule has 0 bridgehead atoms. The molecular formula is C20H18N2O4. The zero-order valence-corrected chi connectivity index (χ0v) is 14.5. The molecule has 1 amide bonds. The number of hydrogen-bond acceptors (Lipinski definition) is 5. The third-order valence-corrected chi connectivity index (χ3v) is 3.75. The van der Waals surface area contributed by atoms with E-state index in [1.807, 2.05) is 6.07 Å². The Balaban J connectivity index is 1.76. The first-order valence-electron chi connectivity index (χ1n) is 8.19. The second-order valence-electron chi connectivity index (χ2n) is 5.52. The number of anilines is 1. The van der Waals surface area contributed by atoms with Crippen molar-refractivity contribution in [1.82, 2.24) is 0 Å². The molecule has 6 nitrogen and oxygen atoms in total. The molecule has 0 aliphatic carbocycles. The molecule has 1 aromatic carbocycles. The van der Waals surface area contributed by atoms with Gasteiger partial charge in [-0.25, -0.2) is 4.79 Å². The van der Waals surface area contributed by atoms with Crippen molar-refractivity contribution in [3.8, 4) is 0 Å². The van der Waals surface area contributed by atoms with Crippen molar-refractivity contribution in [2.45, 2.75) is 13.8 Å². The van der Waals surface area contributed by atoms with E-state index < -0.39 is 5.97 Å². The predicted molar refractivity (Wildman–Crippen MR) is 98.8 cm³/mol. The molecule has 0 atom stereocenters. The van der Waals surface area contributed by atoms with Crippen molar-refractivity contribution in [3.05, 3.63) is 71.7 Å². The Morgan fingerprint density at radius 2 is 2.04 bits per heavy atom. The fraction of sp³-hybridized carbons (Fsp3) is 0.150. The third kappa shape index (κ3) is 3.64. The highest BCUT2D eigenvalue weighted by atomic mass is 16.5. The van der Waals surface area contributed by atoms with E-state index in [1.54, 1.807) is 68.7 Å². The Bertz CT molecular complexity index is 890. The van der Waals surface area contributed by atoms with Gasteiger partial charge >= 0.3 is 5.97 Å². The summed E-state index contributed by atoms with van der Waals surface area (Å²) in [4.78, 5) is 24.3. The lowest BCUT2D eigenvalue weighted by atomic mass is 10.1. The van der Waals surface area contributed by atoms with Gasteiger partial charge in [-0.2, -0.15) is 10.1 Å². The molecular weight excluding hydrogens is 332 g/mol. The van der Waals surface area contributed by atoms with E-state index in [0.717, 1.165) is 0 Å². The zero-order valence-electron chi connectivity index (χ0n) is 14.5. The fourth-order valence-corrected chi connectivity index (χ4v) is 2.46. The maximum Gasteiger partial charge on any atom is 0.338 e. The number of esters is 1. The van der Waals surface area contributed by atoms with Gasteiger partial charge in [-0.05, 0) is 62.4 Å². The summed E-state index contributed by atoms with van der Waals surface area (Å²) in [7, 11) is 0. The molecule has 26 heavy (non-hydrogen) atoms. The van der Waals surface area contributed by atoms with Crippen LogP contribution in [0.1, 0.15) is 30.0 Å². The summed E-state index contributed by atoms with van der Waals surface area (Å²) in [6, 6.07) is 10.2. The number of hydrogen-bond donors (Lipinski definition) is 0. The highest BCUT2D eigenvalue weighted by molar-refractivity contribution is 6.29. The van der Waals surface area contributed by atoms with Crippen LogP contribution < -0.4 is 5.01 Å². The number of ether oxygens (including phenoxy) is 1. The average molecular weight is 350 g/mol. The molecule has 2 heterocycles. The number of rotatable bonds is 5. The molecule has 3 rings (SSSR count). The van der Waals surface area contributed by atoms with Crippen LogP contribution in [-0.4, -0.2) is 24.2 Å². The third-order valence-electron chi connectivity index (χ3n) is 3.75. The predicted octanol–water partition coefficient (Wildman–Crippen LogP) is 3.82. The first-order valence-corrected chi connectivity index (χ1v) is 8.19. The molecule has 0 N–H and O–H groups in total. The van der Waals surface area contributed by atoms with Crippen LogP contribution in [-0.2, 0) is 9.53 Å². The second-order valence-corrected chi connectivity index (χ2v) is 5.52. The lowest BCUT2D eigenvalue weighted by molar-refractivity contribution is -0.114. The molecule has 1 aliphatic heterocycles. The van der Waals surface area contributed by atoms with E-state index >= 15 is 0 Å². The Kier molecular flexibility index (Phi) is 5.12. The van der Waals surface area contributed by atoms with Crippen molar-refractivity contribution in [2.75, 3.05) is 11.6 Å². The number of amides is 1. The highest BCUT2D eigenvalue weighted by Gasteiger charge is 2.28. The summed E-state index contributed by atoms with van der Waals surface area (Å²) in [5.41, 5.74) is 2.14. The van der Waals surface area contributed by atoms with Crippen LogP contribution in [0.3, 0.4) is 0 Å². The monoisotopic (exact) mass is 350 g/mol. The van der Waals surface area contributed by atoms with Crippen LogP contribution in [0.15, 0.2) is 69.9 Å². The van der Waals surface area contributed by atoms with E-state index in [0.29, 0.717) is 34.9 Å². The lowest BCUT2D eigenvalue weighted by Crippen LogP contribution is -2.21. The maximum atomic E-state index is 12.6. The van der Waals surface area contributed by atoms with Crippen molar-refractivity contribution >= 4 is 29.4 Å². The molecule has 0 fully saturated rings. The van der Waals surface area contributed by atoms with Gasteiger partial charge in [0.1, 0.15) is 5.76 Å². The Labute approximate surface area is 151 Å². The van der Waals surface area contributed by atoms with E-state index in [9.17, 15) is 9.59 Å². The molecule has 6 heteroatoms. The van der Waals surface area contributed by atoms with Gasteiger partial charge in [0.15, 0.2) is 0 Å². The minimum atomic E-state index is -0.393. The maximum absolute atomic E-state index is 12.6. The summed E-state index contributed by atoms with van der Waals surface area (Å²) >= 11 is 0. The smallest absolute Gasteiger partial charge is 0.338 e. The second kappa shape index (κ2) is 7.65. The summed E-state index contributed by atoms with van der Waals surface area (Å²) < 4.78 is 10.2. The van der Waals surface area contributed by atoms with Gasteiger partial charge in [0, 0.05) is 0 Å². The van der Waals surface area contributed by atoms with Gasteiger partial charge in [0.05, 0.1) is 35.4 Å². The number of nitrogens with zero attached hydrogens (tertiary/aromatic N) is 2. The molecule has 0 spiro atoms. The van der Waals surface area contributed by atoms with Gasteiger partial charge in [0.2, 0.25) is 0 Å². The van der Waals surface area contributed by atoms with Crippen molar-refractivity contribution in [2.24, 2.45) is 5.10 Å². The molecule has 0 radical (unpaired) electrons. The van der Waals surface area contributed by atoms with Crippen molar-refractivity contribution < 1.29 is 18.7 Å². The average Bonchev–Trinajstić information content (AvgIpc) is 3.25. The van der Waals surface area contributed by atoms with Crippen LogP contribution in [0.25, 0.3) is 6.08 Å². The number of carbonyl (C=O) groups is 2. The quantitative estimate of drug-likeness (QED) is 0.607. The molecule has 132 valence electrons. The minimum absolute atomic E-state index is 0.226. The topological polar surface area (TPSA) is 72.1 Å². The fourth-order valence-electron chi connectivity index (χ4n) is 2.46. The Hall–Kier alpha value is -3.41. The van der Waals surface area contributed by atoms with Crippen molar-refractivity contribution in [1.29, 1.82) is 0 Å². The van der Waals surface area contributed by atoms with E-state index in [4.69, 9.17) is 9.15 Å². The van der Waals surface area contributed by atoms with Gasteiger partial charge in [-0.1, -0.05) is 6.08 Å². The summed E-state index contributed by atoms with van der Waals surface area (Å²) in [6.07, 6.45) is 6.81. The van der Waals surface area contributed by atoms with Gasteiger partial charge in [-0.3, -0.25) is 4.79 Å². The minimum Gasteiger partial charge on any atom is -0.465 e. The summed E-state index contributed by atoms with van der Waals surface area (Å²) in [5, 5.41) is 5.62. The molecule has 1 aromatic heterocycles. The molecule has 1 aliphatic rings. The molecule has 0 unspecified atom stereocenters. The summed E-state index contributed by atoms with van der Waals surface area (Å²) in [5.74, 6) is 0.0823. The Morgan fingerprint density at radius 1 is 1.27 bits per heavy atom. The first-order chi connectivity index (χ1) is 12.6. The number of carbonyl (C=O) groups excluding carboxylic acids is 2. The summed E-state index contributed by atoms with van der Waals surface area (Å²) in [6.45, 7) is 3.84. The van der Waals surface area contributed by atoms with Crippen LogP contribution in [0.2, 0.25) is 0 Å². The van der Waals surface area contributed by atoms with Crippen LogP contribution in [0.5, 0.6) is 0 Å². The molecule has 0 saturated heterocycles.